The van der Waals surface area contributed by atoms with Gasteiger partial charge in [0.15, 0.2) is 11.5 Å². The molecule has 0 saturated carbocycles. The highest BCUT2D eigenvalue weighted by Crippen LogP contribution is 2.31. The van der Waals surface area contributed by atoms with Crippen molar-refractivity contribution in [2.24, 2.45) is 0 Å². The molecular formula is C26H29N5O3. The quantitative estimate of drug-likeness (QED) is 0.494. The van der Waals surface area contributed by atoms with E-state index in [4.69, 9.17) is 4.74 Å². The molecule has 3 rings (SSSR count). The summed E-state index contributed by atoms with van der Waals surface area (Å²) >= 11 is 0. The third-order valence-electron chi connectivity index (χ3n) is 5.21. The van der Waals surface area contributed by atoms with E-state index in [1.807, 2.05) is 31.2 Å². The summed E-state index contributed by atoms with van der Waals surface area (Å²) in [6.45, 7) is 6.42. The Balaban J connectivity index is 2.14. The summed E-state index contributed by atoms with van der Waals surface area (Å²) in [4.78, 5) is 21.5. The molecular weight excluding hydrogens is 430 g/mol. The van der Waals surface area contributed by atoms with Crippen LogP contribution in [0.1, 0.15) is 33.6 Å². The Morgan fingerprint density at radius 3 is 2.62 bits per heavy atom. The van der Waals surface area contributed by atoms with E-state index < -0.39 is 0 Å². The molecule has 0 aliphatic rings. The van der Waals surface area contributed by atoms with Crippen LogP contribution in [0.5, 0.6) is 11.8 Å². The SMILES string of the molecule is C=CN(CCCO)C(=O)c1c(N(C)C)nc(Oc2cccc(C#N)c2)n1Cc1ccc(C)cc1. The topological polar surface area (TPSA) is 94.6 Å². The van der Waals surface area contributed by atoms with Gasteiger partial charge in [0.25, 0.3) is 5.91 Å². The van der Waals surface area contributed by atoms with Gasteiger partial charge in [0.1, 0.15) is 5.75 Å². The molecule has 1 aromatic heterocycles. The second kappa shape index (κ2) is 11.2. The van der Waals surface area contributed by atoms with Crippen molar-refractivity contribution < 1.29 is 14.6 Å². The van der Waals surface area contributed by atoms with Crippen molar-refractivity contribution in [1.82, 2.24) is 14.5 Å². The molecule has 1 N–H and O–H groups in total. The number of ether oxygens (including phenoxy) is 1. The van der Waals surface area contributed by atoms with Crippen LogP contribution in [0, 0.1) is 18.3 Å². The number of nitrogens with zero attached hydrogens (tertiary/aromatic N) is 5. The molecule has 0 bridgehead atoms. The van der Waals surface area contributed by atoms with Crippen LogP contribution in [-0.4, -0.2) is 52.7 Å². The van der Waals surface area contributed by atoms with Crippen molar-refractivity contribution in [3.8, 4) is 17.8 Å². The summed E-state index contributed by atoms with van der Waals surface area (Å²) in [5.74, 6) is 0.589. The van der Waals surface area contributed by atoms with Crippen LogP contribution < -0.4 is 9.64 Å². The van der Waals surface area contributed by atoms with Crippen LogP contribution in [0.25, 0.3) is 0 Å². The molecule has 8 heteroatoms. The maximum atomic E-state index is 13.6. The minimum absolute atomic E-state index is 0.0373. The molecule has 8 nitrogen and oxygen atoms in total. The normalized spacial score (nSPS) is 10.4. The average Bonchev–Trinajstić information content (AvgIpc) is 3.19. The zero-order valence-corrected chi connectivity index (χ0v) is 19.7. The number of amides is 1. The van der Waals surface area contributed by atoms with Crippen molar-refractivity contribution >= 4 is 11.7 Å². The van der Waals surface area contributed by atoms with E-state index in [9.17, 15) is 15.2 Å². The van der Waals surface area contributed by atoms with Gasteiger partial charge in [-0.1, -0.05) is 42.5 Å². The predicted octanol–water partition coefficient (Wildman–Crippen LogP) is 3.94. The number of anilines is 1. The molecule has 0 aliphatic heterocycles. The Labute approximate surface area is 199 Å². The lowest BCUT2D eigenvalue weighted by atomic mass is 10.1. The number of imidazole rings is 1. The molecule has 0 radical (unpaired) electrons. The first kappa shape index (κ1) is 24.6. The number of carbonyl (C=O) groups excluding carboxylic acids is 1. The van der Waals surface area contributed by atoms with Gasteiger partial charge in [-0.25, -0.2) is 0 Å². The Hall–Kier alpha value is -4.09. The number of aliphatic hydroxyl groups excluding tert-OH is 1. The highest BCUT2D eigenvalue weighted by molar-refractivity contribution is 5.98. The Bertz CT molecular complexity index is 1190. The van der Waals surface area contributed by atoms with Crippen LogP contribution in [0.2, 0.25) is 0 Å². The highest BCUT2D eigenvalue weighted by Gasteiger charge is 2.28. The summed E-state index contributed by atoms with van der Waals surface area (Å²) in [6, 6.07) is 17.1. The average molecular weight is 460 g/mol. The number of benzene rings is 2. The first-order valence-electron chi connectivity index (χ1n) is 10.9. The largest absolute Gasteiger partial charge is 0.425 e. The first-order chi connectivity index (χ1) is 16.4. The number of hydrogen-bond donors (Lipinski definition) is 1. The predicted molar refractivity (Wildman–Crippen MR) is 131 cm³/mol. The van der Waals surface area contributed by atoms with Gasteiger partial charge in [0, 0.05) is 27.2 Å². The molecule has 0 fully saturated rings. The number of nitriles is 1. The summed E-state index contributed by atoms with van der Waals surface area (Å²) in [5, 5.41) is 18.5. The Morgan fingerprint density at radius 2 is 2.00 bits per heavy atom. The summed E-state index contributed by atoms with van der Waals surface area (Å²) < 4.78 is 7.83. The molecule has 0 atom stereocenters. The Morgan fingerprint density at radius 1 is 1.26 bits per heavy atom. The molecule has 2 aromatic carbocycles. The van der Waals surface area contributed by atoms with E-state index in [-0.39, 0.29) is 18.5 Å². The summed E-state index contributed by atoms with van der Waals surface area (Å²) in [5.41, 5.74) is 2.90. The standard InChI is InChI=1S/C26H29N5O3/c1-5-30(14-7-15-32)25(33)23-24(29(3)4)28-26(34-22-9-6-8-21(16-22)17-27)31(23)18-20-12-10-19(2)11-13-20/h5-6,8-13,16,32H,1,7,14-15,18H2,2-4H3. The number of aryl methyl sites for hydroxylation is 1. The molecule has 0 saturated heterocycles. The molecule has 0 unspecified atom stereocenters. The highest BCUT2D eigenvalue weighted by atomic mass is 16.5. The minimum Gasteiger partial charge on any atom is -0.425 e. The fourth-order valence-electron chi connectivity index (χ4n) is 3.43. The van der Waals surface area contributed by atoms with Gasteiger partial charge in [-0.05, 0) is 43.3 Å². The van der Waals surface area contributed by atoms with E-state index in [2.05, 4.69) is 17.6 Å². The van der Waals surface area contributed by atoms with E-state index in [0.717, 1.165) is 11.1 Å². The van der Waals surface area contributed by atoms with E-state index in [0.29, 0.717) is 42.3 Å². The van der Waals surface area contributed by atoms with Crippen LogP contribution in [0.4, 0.5) is 5.82 Å². The van der Waals surface area contributed by atoms with Crippen LogP contribution in [0.3, 0.4) is 0 Å². The number of aliphatic hydroxyl groups is 1. The molecule has 34 heavy (non-hydrogen) atoms. The molecule has 1 heterocycles. The molecule has 176 valence electrons. The third kappa shape index (κ3) is 5.63. The van der Waals surface area contributed by atoms with Gasteiger partial charge in [-0.3, -0.25) is 9.36 Å². The second-order valence-corrected chi connectivity index (χ2v) is 8.03. The van der Waals surface area contributed by atoms with Crippen molar-refractivity contribution in [1.29, 1.82) is 5.26 Å². The lowest BCUT2D eigenvalue weighted by molar-refractivity contribution is 0.0805. The van der Waals surface area contributed by atoms with Gasteiger partial charge < -0.3 is 19.6 Å². The summed E-state index contributed by atoms with van der Waals surface area (Å²) in [7, 11) is 3.61. The fourth-order valence-corrected chi connectivity index (χ4v) is 3.43. The van der Waals surface area contributed by atoms with Crippen molar-refractivity contribution in [3.63, 3.8) is 0 Å². The number of carbonyl (C=O) groups is 1. The number of rotatable bonds is 10. The monoisotopic (exact) mass is 459 g/mol. The third-order valence-corrected chi connectivity index (χ3v) is 5.21. The van der Waals surface area contributed by atoms with Gasteiger partial charge in [-0.2, -0.15) is 10.2 Å². The molecule has 3 aromatic rings. The van der Waals surface area contributed by atoms with Crippen molar-refractivity contribution in [3.05, 3.63) is 83.7 Å². The first-order valence-corrected chi connectivity index (χ1v) is 10.9. The number of hydrogen-bond acceptors (Lipinski definition) is 6. The maximum absolute atomic E-state index is 13.6. The molecule has 0 aliphatic carbocycles. The molecule has 0 spiro atoms. The van der Waals surface area contributed by atoms with E-state index in [1.54, 1.807) is 47.8 Å². The Kier molecular flexibility index (Phi) is 8.06. The molecule has 1 amide bonds. The number of aromatic nitrogens is 2. The summed E-state index contributed by atoms with van der Waals surface area (Å²) in [6.07, 6.45) is 1.88. The zero-order chi connectivity index (χ0) is 24.7. The maximum Gasteiger partial charge on any atom is 0.304 e. The minimum atomic E-state index is -0.299. The van der Waals surface area contributed by atoms with Crippen molar-refractivity contribution in [2.75, 3.05) is 32.1 Å². The zero-order valence-electron chi connectivity index (χ0n) is 19.7. The van der Waals surface area contributed by atoms with Gasteiger partial charge >= 0.3 is 6.01 Å². The van der Waals surface area contributed by atoms with Gasteiger partial charge in [-0.15, -0.1) is 0 Å². The van der Waals surface area contributed by atoms with Crippen LogP contribution in [-0.2, 0) is 6.54 Å². The van der Waals surface area contributed by atoms with Gasteiger partial charge in [0.2, 0.25) is 0 Å². The fraction of sp³-hybridized carbons (Fsp3) is 0.269. The van der Waals surface area contributed by atoms with Crippen LogP contribution >= 0.6 is 0 Å². The smallest absolute Gasteiger partial charge is 0.304 e. The lowest BCUT2D eigenvalue weighted by Crippen LogP contribution is -2.30. The second-order valence-electron chi connectivity index (χ2n) is 8.03. The van der Waals surface area contributed by atoms with E-state index >= 15 is 0 Å². The van der Waals surface area contributed by atoms with Gasteiger partial charge in [0.05, 0.1) is 18.2 Å². The van der Waals surface area contributed by atoms with Crippen molar-refractivity contribution in [2.45, 2.75) is 19.9 Å². The lowest BCUT2D eigenvalue weighted by Gasteiger charge is -2.21. The van der Waals surface area contributed by atoms with Crippen LogP contribution in [0.15, 0.2) is 61.3 Å². The van der Waals surface area contributed by atoms with E-state index in [1.165, 1.54) is 11.1 Å².